The Kier molecular flexibility index (Phi) is 33.4. The third kappa shape index (κ3) is 36.8. The smallest absolute Gasteiger partial charge is 0.462 e. The molecule has 0 heterocycles. The zero-order chi connectivity index (χ0) is 35.4. The topological polar surface area (TPSA) is 119 Å². The van der Waals surface area contributed by atoms with E-state index >= 15 is 0 Å². The highest BCUT2D eigenvalue weighted by atomic mass is 31.2. The molecule has 0 radical (unpaired) electrons. The van der Waals surface area contributed by atoms with Crippen LogP contribution in [0.25, 0.3) is 0 Å². The van der Waals surface area contributed by atoms with Gasteiger partial charge in [0.2, 0.25) is 0 Å². The highest BCUT2D eigenvalue weighted by Crippen LogP contribution is 2.36. The lowest BCUT2D eigenvalue weighted by molar-refractivity contribution is -0.161. The molecule has 2 N–H and O–H groups in total. The average molecular weight is 697 g/mol. The molecule has 0 rings (SSSR count). The minimum absolute atomic E-state index is 0.189. The standard InChI is InChI=1S/C39H69O8P/c1-3-5-7-9-11-13-15-17-19-21-23-25-27-29-31-33-38(40)45-35-37(36-46-48(42,43)44)47-39(41)34-32-30-28-26-24-22-20-18-16-14-12-10-8-6-4-2/h6,8,12,14,17-20,37H,3-5,7,9-11,13,15-16,21-36H2,1-2H3,(H2,42,43,44)/b8-6-,14-12-,19-17-,20-18-. The number of hydrogen-bond donors (Lipinski definition) is 2. The Bertz CT molecular complexity index is 921. The SMILES string of the molecule is CC/C=C\C/C=C\C/C=C\CCCCCCCC(=O)OC(COC(=O)CCCCCCC/C=C\CCCCCCCC)COP(=O)(O)O. The number of allylic oxidation sites excluding steroid dienone is 8. The number of phosphoric ester groups is 1. The van der Waals surface area contributed by atoms with Crippen LogP contribution in [-0.2, 0) is 28.2 Å². The van der Waals surface area contributed by atoms with E-state index in [-0.39, 0.29) is 19.4 Å². The van der Waals surface area contributed by atoms with Gasteiger partial charge in [-0.15, -0.1) is 0 Å². The zero-order valence-electron chi connectivity index (χ0n) is 30.4. The summed E-state index contributed by atoms with van der Waals surface area (Å²) in [5, 5.41) is 0. The van der Waals surface area contributed by atoms with Crippen molar-refractivity contribution in [3.05, 3.63) is 48.6 Å². The van der Waals surface area contributed by atoms with Crippen molar-refractivity contribution < 1.29 is 37.9 Å². The Morgan fingerprint density at radius 2 is 1.00 bits per heavy atom. The van der Waals surface area contributed by atoms with Crippen molar-refractivity contribution in [2.24, 2.45) is 0 Å². The lowest BCUT2D eigenvalue weighted by Crippen LogP contribution is -2.29. The highest BCUT2D eigenvalue weighted by molar-refractivity contribution is 7.46. The molecular formula is C39H69O8P. The molecule has 0 amide bonds. The van der Waals surface area contributed by atoms with Gasteiger partial charge in [0.25, 0.3) is 0 Å². The summed E-state index contributed by atoms with van der Waals surface area (Å²) in [5.74, 6) is -0.917. The van der Waals surface area contributed by atoms with E-state index in [1.165, 1.54) is 44.9 Å². The first-order chi connectivity index (χ1) is 23.3. The number of ether oxygens (including phenoxy) is 2. The number of carbonyl (C=O) groups is 2. The summed E-state index contributed by atoms with van der Waals surface area (Å²) in [7, 11) is -4.76. The van der Waals surface area contributed by atoms with E-state index < -0.39 is 32.5 Å². The van der Waals surface area contributed by atoms with Crippen LogP contribution < -0.4 is 0 Å². The van der Waals surface area contributed by atoms with Gasteiger partial charge in [-0.3, -0.25) is 14.1 Å². The molecule has 0 aliphatic carbocycles. The predicted molar refractivity (Wildman–Crippen MR) is 198 cm³/mol. The molecule has 1 unspecified atom stereocenters. The summed E-state index contributed by atoms with van der Waals surface area (Å²) in [6.45, 7) is 3.53. The van der Waals surface area contributed by atoms with E-state index in [1.54, 1.807) is 0 Å². The normalized spacial score (nSPS) is 13.0. The minimum atomic E-state index is -4.76. The van der Waals surface area contributed by atoms with E-state index in [0.717, 1.165) is 83.5 Å². The molecule has 0 aromatic rings. The average Bonchev–Trinajstić information content (AvgIpc) is 3.05. The Morgan fingerprint density at radius 1 is 0.562 bits per heavy atom. The molecule has 9 heteroatoms. The van der Waals surface area contributed by atoms with Crippen LogP contribution >= 0.6 is 7.82 Å². The van der Waals surface area contributed by atoms with E-state index in [1.807, 2.05) is 0 Å². The Labute approximate surface area is 293 Å². The lowest BCUT2D eigenvalue weighted by atomic mass is 10.1. The first kappa shape index (κ1) is 46.0. The summed E-state index contributed by atoms with van der Waals surface area (Å²) < 4.78 is 26.3. The van der Waals surface area contributed by atoms with E-state index in [4.69, 9.17) is 19.3 Å². The van der Waals surface area contributed by atoms with Crippen LogP contribution in [0.2, 0.25) is 0 Å². The maximum absolute atomic E-state index is 12.4. The molecule has 0 aliphatic heterocycles. The second-order valence-corrected chi connectivity index (χ2v) is 13.8. The Balaban J connectivity index is 4.01. The second-order valence-electron chi connectivity index (χ2n) is 12.5. The number of carbonyl (C=O) groups excluding carboxylic acids is 2. The molecule has 0 spiro atoms. The second kappa shape index (κ2) is 34.9. The van der Waals surface area contributed by atoms with Gasteiger partial charge in [0.15, 0.2) is 6.10 Å². The fraction of sp³-hybridized carbons (Fsp3) is 0.744. The fourth-order valence-electron chi connectivity index (χ4n) is 5.03. The van der Waals surface area contributed by atoms with Crippen molar-refractivity contribution in [3.63, 3.8) is 0 Å². The summed E-state index contributed by atoms with van der Waals surface area (Å²) in [5.41, 5.74) is 0. The minimum Gasteiger partial charge on any atom is -0.462 e. The molecule has 278 valence electrons. The van der Waals surface area contributed by atoms with E-state index in [2.05, 4.69) is 67.0 Å². The molecule has 0 saturated carbocycles. The van der Waals surface area contributed by atoms with Crippen LogP contribution in [0.15, 0.2) is 48.6 Å². The molecule has 0 aromatic heterocycles. The molecule has 0 aromatic carbocycles. The van der Waals surface area contributed by atoms with Gasteiger partial charge >= 0.3 is 19.8 Å². The van der Waals surface area contributed by atoms with Crippen molar-refractivity contribution in [1.82, 2.24) is 0 Å². The molecule has 8 nitrogen and oxygen atoms in total. The van der Waals surface area contributed by atoms with Crippen molar-refractivity contribution in [2.75, 3.05) is 13.2 Å². The molecule has 1 atom stereocenters. The van der Waals surface area contributed by atoms with Crippen LogP contribution in [0, 0.1) is 0 Å². The highest BCUT2D eigenvalue weighted by Gasteiger charge is 2.22. The molecular weight excluding hydrogens is 627 g/mol. The van der Waals surface area contributed by atoms with Gasteiger partial charge in [-0.25, -0.2) is 4.57 Å². The van der Waals surface area contributed by atoms with Crippen molar-refractivity contribution in [1.29, 1.82) is 0 Å². The summed E-state index contributed by atoms with van der Waals surface area (Å²) >= 11 is 0. The van der Waals surface area contributed by atoms with E-state index in [9.17, 15) is 14.2 Å². The maximum Gasteiger partial charge on any atom is 0.469 e. The van der Waals surface area contributed by atoms with E-state index in [0.29, 0.717) is 12.8 Å². The van der Waals surface area contributed by atoms with Gasteiger partial charge in [0.1, 0.15) is 6.61 Å². The number of hydrogen-bond acceptors (Lipinski definition) is 6. The lowest BCUT2D eigenvalue weighted by Gasteiger charge is -2.18. The molecule has 48 heavy (non-hydrogen) atoms. The Morgan fingerprint density at radius 3 is 1.52 bits per heavy atom. The van der Waals surface area contributed by atoms with Crippen molar-refractivity contribution in [2.45, 2.75) is 174 Å². The summed E-state index contributed by atoms with van der Waals surface area (Å²) in [6, 6.07) is 0. The molecule has 0 saturated heterocycles. The fourth-order valence-corrected chi connectivity index (χ4v) is 5.39. The molecule has 0 aliphatic rings. The first-order valence-electron chi connectivity index (χ1n) is 18.9. The maximum atomic E-state index is 12.4. The van der Waals surface area contributed by atoms with Gasteiger partial charge in [0, 0.05) is 12.8 Å². The predicted octanol–water partition coefficient (Wildman–Crippen LogP) is 11.2. The number of esters is 2. The summed E-state index contributed by atoms with van der Waals surface area (Å²) in [4.78, 5) is 42.7. The van der Waals surface area contributed by atoms with Crippen molar-refractivity contribution in [3.8, 4) is 0 Å². The van der Waals surface area contributed by atoms with Crippen LogP contribution in [-0.4, -0.2) is 41.0 Å². The van der Waals surface area contributed by atoms with Crippen LogP contribution in [0.5, 0.6) is 0 Å². The number of unbranched alkanes of at least 4 members (excludes halogenated alkanes) is 16. The quantitative estimate of drug-likeness (QED) is 0.0295. The van der Waals surface area contributed by atoms with Crippen LogP contribution in [0.3, 0.4) is 0 Å². The first-order valence-corrected chi connectivity index (χ1v) is 20.5. The number of rotatable bonds is 34. The van der Waals surface area contributed by atoms with Crippen molar-refractivity contribution >= 4 is 19.8 Å². The van der Waals surface area contributed by atoms with Crippen LogP contribution in [0.4, 0.5) is 0 Å². The van der Waals surface area contributed by atoms with Gasteiger partial charge in [-0.2, -0.15) is 0 Å². The zero-order valence-corrected chi connectivity index (χ0v) is 31.3. The van der Waals surface area contributed by atoms with Gasteiger partial charge in [-0.05, 0) is 70.6 Å². The van der Waals surface area contributed by atoms with Crippen LogP contribution in [0.1, 0.15) is 168 Å². The van der Waals surface area contributed by atoms with Gasteiger partial charge in [-0.1, -0.05) is 133 Å². The third-order valence-electron chi connectivity index (χ3n) is 7.83. The summed E-state index contributed by atoms with van der Waals surface area (Å²) in [6.07, 6.45) is 41.1. The number of phosphoric acid groups is 1. The molecule has 0 fully saturated rings. The largest absolute Gasteiger partial charge is 0.469 e. The van der Waals surface area contributed by atoms with Gasteiger partial charge < -0.3 is 19.3 Å². The Hall–Kier alpha value is -1.99. The molecule has 0 bridgehead atoms. The monoisotopic (exact) mass is 696 g/mol. The van der Waals surface area contributed by atoms with Gasteiger partial charge in [0.05, 0.1) is 6.61 Å². The third-order valence-corrected chi connectivity index (χ3v) is 8.32.